The first-order chi connectivity index (χ1) is 10.8. The van der Waals surface area contributed by atoms with Gasteiger partial charge in [0.15, 0.2) is 6.04 Å². The van der Waals surface area contributed by atoms with E-state index < -0.39 is 12.0 Å². The Balaban J connectivity index is 1.95. The lowest BCUT2D eigenvalue weighted by molar-refractivity contribution is -0.188. The Labute approximate surface area is 127 Å². The second-order valence-corrected chi connectivity index (χ2v) is 4.30. The van der Waals surface area contributed by atoms with Gasteiger partial charge in [0.2, 0.25) is 6.40 Å². The van der Waals surface area contributed by atoms with Crippen molar-refractivity contribution in [3.05, 3.63) is 47.8 Å². The number of ether oxygens (including phenoxy) is 1. The van der Waals surface area contributed by atoms with Gasteiger partial charge in [-0.25, -0.2) is 9.79 Å². The van der Waals surface area contributed by atoms with Crippen LogP contribution < -0.4 is 0 Å². The van der Waals surface area contributed by atoms with Crippen LogP contribution in [0.4, 0.5) is 0 Å². The first kappa shape index (κ1) is 15.6. The van der Waals surface area contributed by atoms with Gasteiger partial charge in [0.1, 0.15) is 6.61 Å². The molecule has 1 atom stereocenters. The molecule has 22 heavy (non-hydrogen) atoms. The number of aliphatic imine (C=N–C) groups is 1. The van der Waals surface area contributed by atoms with Crippen molar-refractivity contribution in [3.63, 3.8) is 0 Å². The number of H-pyrrole nitrogens is 1. The highest BCUT2D eigenvalue weighted by Crippen LogP contribution is 2.07. The van der Waals surface area contributed by atoms with E-state index in [2.05, 4.69) is 30.2 Å². The van der Waals surface area contributed by atoms with Crippen molar-refractivity contribution in [3.8, 4) is 0 Å². The molecule has 1 aromatic heterocycles. The standard InChI is InChI=1S/C14H16N4O4/c1-20-22-10-15-13(7-12-8-16-18-17-12)14(19)21-9-11-5-3-2-4-6-11/h2-6,8,10,13H,7,9H2,1H3,(H,16,17,18)/b15-10+/t13-/m0/s1. The minimum atomic E-state index is -0.788. The summed E-state index contributed by atoms with van der Waals surface area (Å²) in [4.78, 5) is 25.1. The van der Waals surface area contributed by atoms with E-state index in [4.69, 9.17) is 4.74 Å². The number of aromatic nitrogens is 3. The van der Waals surface area contributed by atoms with Crippen molar-refractivity contribution in [2.24, 2.45) is 4.99 Å². The number of nitrogens with zero attached hydrogens (tertiary/aromatic N) is 3. The zero-order chi connectivity index (χ0) is 15.6. The summed E-state index contributed by atoms with van der Waals surface area (Å²) in [5.41, 5.74) is 1.49. The van der Waals surface area contributed by atoms with E-state index in [1.165, 1.54) is 7.11 Å². The van der Waals surface area contributed by atoms with Crippen molar-refractivity contribution in [2.45, 2.75) is 19.1 Å². The predicted octanol–water partition coefficient (Wildman–Crippen LogP) is 1.07. The summed E-state index contributed by atoms with van der Waals surface area (Å²) >= 11 is 0. The molecular formula is C14H16N4O4. The van der Waals surface area contributed by atoms with Gasteiger partial charge in [0.05, 0.1) is 12.8 Å². The van der Waals surface area contributed by atoms with E-state index in [0.29, 0.717) is 5.69 Å². The molecule has 0 saturated heterocycles. The molecular weight excluding hydrogens is 288 g/mol. The summed E-state index contributed by atoms with van der Waals surface area (Å²) in [7, 11) is 1.34. The number of nitrogens with one attached hydrogen (secondary N) is 1. The van der Waals surface area contributed by atoms with Gasteiger partial charge in [-0.2, -0.15) is 4.89 Å². The van der Waals surface area contributed by atoms with E-state index in [1.54, 1.807) is 6.20 Å². The molecule has 116 valence electrons. The SMILES string of the molecule is COO/C=N/[C@@H](Cc1c[nH]nn1)C(=O)OCc1ccccc1. The van der Waals surface area contributed by atoms with Crippen molar-refractivity contribution in [1.29, 1.82) is 0 Å². The molecule has 0 unspecified atom stereocenters. The Morgan fingerprint density at radius 2 is 2.23 bits per heavy atom. The summed E-state index contributed by atoms with van der Waals surface area (Å²) in [5.74, 6) is -0.484. The Kier molecular flexibility index (Phi) is 6.06. The highest BCUT2D eigenvalue weighted by atomic mass is 17.2. The number of hydrogen-bond donors (Lipinski definition) is 1. The topological polar surface area (TPSA) is 98.7 Å². The second-order valence-electron chi connectivity index (χ2n) is 4.30. The molecule has 8 heteroatoms. The third-order valence-corrected chi connectivity index (χ3v) is 2.75. The van der Waals surface area contributed by atoms with Crippen LogP contribution in [0.15, 0.2) is 41.5 Å². The fourth-order valence-electron chi connectivity index (χ4n) is 1.69. The van der Waals surface area contributed by atoms with Crippen molar-refractivity contribution >= 4 is 12.4 Å². The summed E-state index contributed by atoms with van der Waals surface area (Å²) < 4.78 is 5.26. The zero-order valence-corrected chi connectivity index (χ0v) is 12.0. The number of esters is 1. The molecule has 0 amide bonds. The summed E-state index contributed by atoms with van der Waals surface area (Å²) in [6.07, 6.45) is 2.88. The number of aromatic amines is 1. The summed E-state index contributed by atoms with van der Waals surface area (Å²) in [6.45, 7) is 0.176. The summed E-state index contributed by atoms with van der Waals surface area (Å²) in [6, 6.07) is 8.60. The fraction of sp³-hybridized carbons (Fsp3) is 0.286. The van der Waals surface area contributed by atoms with Crippen molar-refractivity contribution in [1.82, 2.24) is 15.4 Å². The second kappa shape index (κ2) is 8.53. The summed E-state index contributed by atoms with van der Waals surface area (Å²) in [5, 5.41) is 9.99. The van der Waals surface area contributed by atoms with Crippen LogP contribution in [-0.4, -0.2) is 40.9 Å². The van der Waals surface area contributed by atoms with Crippen LogP contribution in [0.25, 0.3) is 0 Å². The Hall–Kier alpha value is -2.74. The van der Waals surface area contributed by atoms with Crippen LogP contribution in [0.1, 0.15) is 11.3 Å². The van der Waals surface area contributed by atoms with Crippen LogP contribution in [-0.2, 0) is 32.3 Å². The molecule has 8 nitrogen and oxygen atoms in total. The highest BCUT2D eigenvalue weighted by Gasteiger charge is 2.21. The maximum Gasteiger partial charge on any atom is 0.331 e. The third-order valence-electron chi connectivity index (χ3n) is 2.75. The van der Waals surface area contributed by atoms with E-state index in [1.807, 2.05) is 30.3 Å². The largest absolute Gasteiger partial charge is 0.459 e. The van der Waals surface area contributed by atoms with Crippen LogP contribution in [0.2, 0.25) is 0 Å². The maximum absolute atomic E-state index is 12.1. The molecule has 0 aliphatic carbocycles. The zero-order valence-electron chi connectivity index (χ0n) is 12.0. The van der Waals surface area contributed by atoms with Crippen molar-refractivity contribution < 1.29 is 19.3 Å². The van der Waals surface area contributed by atoms with E-state index in [9.17, 15) is 4.79 Å². The molecule has 2 aromatic rings. The molecule has 0 spiro atoms. The van der Waals surface area contributed by atoms with Crippen LogP contribution in [0.5, 0.6) is 0 Å². The maximum atomic E-state index is 12.1. The van der Waals surface area contributed by atoms with Gasteiger partial charge in [-0.3, -0.25) is 5.10 Å². The number of carbonyl (C=O) groups excluding carboxylic acids is 1. The number of benzene rings is 1. The number of rotatable bonds is 8. The quantitative estimate of drug-likeness (QED) is 0.257. The van der Waals surface area contributed by atoms with E-state index in [0.717, 1.165) is 12.0 Å². The molecule has 0 bridgehead atoms. The van der Waals surface area contributed by atoms with Crippen molar-refractivity contribution in [2.75, 3.05) is 7.11 Å². The molecule has 1 heterocycles. The van der Waals surface area contributed by atoms with E-state index in [-0.39, 0.29) is 13.0 Å². The number of hydrogen-bond acceptors (Lipinski definition) is 7. The lowest BCUT2D eigenvalue weighted by Gasteiger charge is -2.10. The lowest BCUT2D eigenvalue weighted by atomic mass is 10.2. The predicted molar refractivity (Wildman–Crippen MR) is 76.7 cm³/mol. The fourth-order valence-corrected chi connectivity index (χ4v) is 1.69. The van der Waals surface area contributed by atoms with Gasteiger partial charge >= 0.3 is 5.97 Å². The highest BCUT2D eigenvalue weighted by molar-refractivity contribution is 5.77. The smallest absolute Gasteiger partial charge is 0.331 e. The van der Waals surface area contributed by atoms with Crippen LogP contribution >= 0.6 is 0 Å². The average Bonchev–Trinajstić information content (AvgIpc) is 3.06. The number of carbonyl (C=O) groups is 1. The average molecular weight is 304 g/mol. The first-order valence-corrected chi connectivity index (χ1v) is 6.56. The van der Waals surface area contributed by atoms with Crippen LogP contribution in [0, 0.1) is 0 Å². The third kappa shape index (κ3) is 4.98. The Morgan fingerprint density at radius 1 is 1.41 bits per heavy atom. The molecule has 0 aliphatic heterocycles. The monoisotopic (exact) mass is 304 g/mol. The van der Waals surface area contributed by atoms with Gasteiger partial charge in [-0.05, 0) is 5.56 Å². The Bertz CT molecular complexity index is 586. The normalized spacial score (nSPS) is 12.2. The van der Waals surface area contributed by atoms with Gasteiger partial charge < -0.3 is 9.62 Å². The molecule has 0 aliphatic rings. The molecule has 0 saturated carbocycles. The molecule has 1 N–H and O–H groups in total. The minimum absolute atomic E-state index is 0.176. The van der Waals surface area contributed by atoms with Gasteiger partial charge in [0.25, 0.3) is 0 Å². The molecule has 0 radical (unpaired) electrons. The molecule has 1 aromatic carbocycles. The lowest BCUT2D eigenvalue weighted by Crippen LogP contribution is -2.24. The first-order valence-electron chi connectivity index (χ1n) is 6.56. The van der Waals surface area contributed by atoms with Gasteiger partial charge in [-0.1, -0.05) is 35.5 Å². The van der Waals surface area contributed by atoms with Gasteiger partial charge in [0, 0.05) is 12.6 Å². The van der Waals surface area contributed by atoms with E-state index >= 15 is 0 Å². The Morgan fingerprint density at radius 3 is 2.91 bits per heavy atom. The minimum Gasteiger partial charge on any atom is -0.459 e. The molecule has 2 rings (SSSR count). The molecule has 0 fully saturated rings. The van der Waals surface area contributed by atoms with Crippen LogP contribution in [0.3, 0.4) is 0 Å². The van der Waals surface area contributed by atoms with Gasteiger partial charge in [-0.15, -0.1) is 5.10 Å².